The molecule has 2 nitrogen and oxygen atoms in total. The molecule has 0 radical (unpaired) electrons. The van der Waals surface area contributed by atoms with E-state index >= 15 is 0 Å². The van der Waals surface area contributed by atoms with E-state index in [9.17, 15) is 0 Å². The third-order valence-corrected chi connectivity index (χ3v) is 5.27. The fourth-order valence-corrected chi connectivity index (χ4v) is 2.70. The molecule has 0 aromatic rings. The Hall–Kier alpha value is -0.0800. The molecule has 0 aliphatic rings. The Labute approximate surface area is 142 Å². The molecule has 0 spiro atoms. The third kappa shape index (κ3) is 12.5. The predicted molar refractivity (Wildman–Crippen MR) is 103 cm³/mol. The lowest BCUT2D eigenvalue weighted by atomic mass is 9.92. The quantitative estimate of drug-likeness (QED) is 0.456. The van der Waals surface area contributed by atoms with Gasteiger partial charge in [-0.15, -0.1) is 0 Å². The Balaban J connectivity index is 0. The van der Waals surface area contributed by atoms with Crippen LogP contribution in [0.25, 0.3) is 0 Å². The normalized spacial score (nSPS) is 12.0. The Kier molecular flexibility index (Phi) is 15.9. The Morgan fingerprint density at radius 2 is 0.909 bits per heavy atom. The van der Waals surface area contributed by atoms with Crippen molar-refractivity contribution in [2.75, 3.05) is 26.7 Å². The van der Waals surface area contributed by atoms with Gasteiger partial charge in [-0.3, -0.25) is 0 Å². The van der Waals surface area contributed by atoms with E-state index in [-0.39, 0.29) is 5.54 Å². The first-order valence-electron chi connectivity index (χ1n) is 9.99. The van der Waals surface area contributed by atoms with Crippen LogP contribution in [0.4, 0.5) is 0 Å². The monoisotopic (exact) mass is 315 g/mol. The topological polar surface area (TPSA) is 26.0 Å². The predicted octanol–water partition coefficient (Wildman–Crippen LogP) is 5.75. The minimum absolute atomic E-state index is 0.125. The Bertz CT molecular complexity index is 192. The summed E-state index contributed by atoms with van der Waals surface area (Å²) in [5.41, 5.74) is 6.02. The highest BCUT2D eigenvalue weighted by Crippen LogP contribution is 2.14. The SMILES string of the molecule is CCC(N)(CC)CC.CCCC[N+](C)(CCCC)CCCC. The lowest BCUT2D eigenvalue weighted by molar-refractivity contribution is -0.910. The van der Waals surface area contributed by atoms with E-state index in [0.717, 1.165) is 19.3 Å². The Morgan fingerprint density at radius 1 is 0.636 bits per heavy atom. The first-order chi connectivity index (χ1) is 10.4. The molecule has 0 amide bonds. The number of hydrogen-bond donors (Lipinski definition) is 1. The summed E-state index contributed by atoms with van der Waals surface area (Å²) in [6, 6.07) is 0. The van der Waals surface area contributed by atoms with Crippen LogP contribution < -0.4 is 5.73 Å². The molecule has 0 bridgehead atoms. The smallest absolute Gasteiger partial charge is 0.0784 e. The molecule has 136 valence electrons. The summed E-state index contributed by atoms with van der Waals surface area (Å²) in [7, 11) is 2.45. The highest BCUT2D eigenvalue weighted by atomic mass is 15.3. The molecule has 0 heterocycles. The average Bonchev–Trinajstić information content (AvgIpc) is 2.56. The summed E-state index contributed by atoms with van der Waals surface area (Å²) >= 11 is 0. The molecule has 0 fully saturated rings. The number of hydrogen-bond acceptors (Lipinski definition) is 1. The largest absolute Gasteiger partial charge is 0.326 e. The number of quaternary nitrogens is 1. The highest BCUT2D eigenvalue weighted by molar-refractivity contribution is 4.77. The molecule has 0 aromatic carbocycles. The van der Waals surface area contributed by atoms with E-state index in [2.05, 4.69) is 48.6 Å². The second-order valence-corrected chi connectivity index (χ2v) is 7.27. The van der Waals surface area contributed by atoms with E-state index in [4.69, 9.17) is 5.73 Å². The molecular formula is C20H47N2+. The molecule has 0 rings (SSSR count). The van der Waals surface area contributed by atoms with Crippen molar-refractivity contribution in [2.45, 2.75) is 105 Å². The van der Waals surface area contributed by atoms with E-state index in [1.165, 1.54) is 62.6 Å². The standard InChI is InChI=1S/C13H30N.C7H17N/c1-5-8-11-14(4,12-9-6-2)13-10-7-3;1-4-7(8,5-2)6-3/h5-13H2,1-4H3;4-6,8H2,1-3H3/q+1;. The number of nitrogens with zero attached hydrogens (tertiary/aromatic N) is 1. The summed E-state index contributed by atoms with van der Waals surface area (Å²) in [5.74, 6) is 0. The van der Waals surface area contributed by atoms with Crippen molar-refractivity contribution >= 4 is 0 Å². The molecule has 0 saturated heterocycles. The van der Waals surface area contributed by atoms with Gasteiger partial charge < -0.3 is 10.2 Å². The van der Waals surface area contributed by atoms with Crippen LogP contribution in [0.3, 0.4) is 0 Å². The summed E-state index contributed by atoms with van der Waals surface area (Å²) in [4.78, 5) is 0. The molecule has 0 unspecified atom stereocenters. The lowest BCUT2D eigenvalue weighted by Gasteiger charge is -2.34. The van der Waals surface area contributed by atoms with Crippen LogP contribution in [0.2, 0.25) is 0 Å². The molecule has 22 heavy (non-hydrogen) atoms. The van der Waals surface area contributed by atoms with E-state index in [1.807, 2.05) is 0 Å². The zero-order valence-corrected chi connectivity index (χ0v) is 17.0. The summed E-state index contributed by atoms with van der Waals surface area (Å²) in [6.07, 6.45) is 11.5. The molecule has 0 aliphatic carbocycles. The second-order valence-electron chi connectivity index (χ2n) is 7.27. The van der Waals surface area contributed by atoms with Crippen molar-refractivity contribution in [2.24, 2.45) is 5.73 Å². The first-order valence-corrected chi connectivity index (χ1v) is 9.99. The zero-order valence-electron chi connectivity index (χ0n) is 17.0. The molecule has 2 heteroatoms. The van der Waals surface area contributed by atoms with Gasteiger partial charge in [0.15, 0.2) is 0 Å². The third-order valence-electron chi connectivity index (χ3n) is 5.27. The fraction of sp³-hybridized carbons (Fsp3) is 1.00. The van der Waals surface area contributed by atoms with Crippen LogP contribution in [-0.4, -0.2) is 36.7 Å². The lowest BCUT2D eigenvalue weighted by Crippen LogP contribution is -2.46. The van der Waals surface area contributed by atoms with Crippen LogP contribution in [0.15, 0.2) is 0 Å². The van der Waals surface area contributed by atoms with E-state index in [0.29, 0.717) is 0 Å². The van der Waals surface area contributed by atoms with Gasteiger partial charge in [0, 0.05) is 5.54 Å². The Morgan fingerprint density at radius 3 is 1.05 bits per heavy atom. The van der Waals surface area contributed by atoms with Crippen molar-refractivity contribution in [3.8, 4) is 0 Å². The van der Waals surface area contributed by atoms with Crippen LogP contribution in [-0.2, 0) is 0 Å². The first kappa shape index (κ1) is 24.2. The van der Waals surface area contributed by atoms with Crippen LogP contribution >= 0.6 is 0 Å². The van der Waals surface area contributed by atoms with Gasteiger partial charge >= 0.3 is 0 Å². The second kappa shape index (κ2) is 14.5. The number of unbranched alkanes of at least 4 members (excludes halogenated alkanes) is 3. The van der Waals surface area contributed by atoms with Gasteiger partial charge in [0.2, 0.25) is 0 Å². The fourth-order valence-electron chi connectivity index (χ4n) is 2.70. The summed E-state index contributed by atoms with van der Waals surface area (Å²) < 4.78 is 1.32. The van der Waals surface area contributed by atoms with Gasteiger partial charge in [-0.2, -0.15) is 0 Å². The van der Waals surface area contributed by atoms with Crippen LogP contribution in [0, 0.1) is 0 Å². The van der Waals surface area contributed by atoms with Crippen molar-refractivity contribution in [3.63, 3.8) is 0 Å². The van der Waals surface area contributed by atoms with Gasteiger partial charge in [-0.05, 0) is 38.5 Å². The average molecular weight is 316 g/mol. The molecule has 0 aromatic heterocycles. The van der Waals surface area contributed by atoms with Gasteiger partial charge in [-0.1, -0.05) is 60.8 Å². The van der Waals surface area contributed by atoms with Crippen molar-refractivity contribution in [3.05, 3.63) is 0 Å². The minimum atomic E-state index is 0.125. The molecular weight excluding hydrogens is 268 g/mol. The summed E-state index contributed by atoms with van der Waals surface area (Å²) in [6.45, 7) is 17.5. The number of rotatable bonds is 12. The van der Waals surface area contributed by atoms with Crippen molar-refractivity contribution in [1.29, 1.82) is 0 Å². The number of nitrogens with two attached hydrogens (primary N) is 1. The molecule has 0 aliphatic heterocycles. The van der Waals surface area contributed by atoms with Gasteiger partial charge in [0.25, 0.3) is 0 Å². The summed E-state index contributed by atoms with van der Waals surface area (Å²) in [5, 5.41) is 0. The van der Waals surface area contributed by atoms with Gasteiger partial charge in [0.05, 0.1) is 26.7 Å². The van der Waals surface area contributed by atoms with Crippen LogP contribution in [0.1, 0.15) is 99.3 Å². The maximum Gasteiger partial charge on any atom is 0.0784 e. The van der Waals surface area contributed by atoms with Gasteiger partial charge in [0.1, 0.15) is 0 Å². The maximum atomic E-state index is 5.90. The van der Waals surface area contributed by atoms with E-state index in [1.54, 1.807) is 0 Å². The van der Waals surface area contributed by atoms with Crippen molar-refractivity contribution in [1.82, 2.24) is 0 Å². The molecule has 0 atom stereocenters. The molecule has 0 saturated carbocycles. The van der Waals surface area contributed by atoms with Gasteiger partial charge in [-0.25, -0.2) is 0 Å². The zero-order chi connectivity index (χ0) is 17.5. The maximum absolute atomic E-state index is 5.90. The highest BCUT2D eigenvalue weighted by Gasteiger charge is 2.18. The molecule has 2 N–H and O–H groups in total. The minimum Gasteiger partial charge on any atom is -0.326 e. The van der Waals surface area contributed by atoms with E-state index < -0.39 is 0 Å². The van der Waals surface area contributed by atoms with Crippen molar-refractivity contribution < 1.29 is 4.48 Å². The van der Waals surface area contributed by atoms with Crippen LogP contribution in [0.5, 0.6) is 0 Å².